The van der Waals surface area contributed by atoms with Crippen LogP contribution in [0.4, 0.5) is 0 Å². The molecule has 2 nitrogen and oxygen atoms in total. The molecule has 1 atom stereocenters. The van der Waals surface area contributed by atoms with Crippen LogP contribution in [-0.4, -0.2) is 31.6 Å². The zero-order valence-corrected chi connectivity index (χ0v) is 12.9. The summed E-state index contributed by atoms with van der Waals surface area (Å²) in [4.78, 5) is 2.44. The number of hydrogen-bond donors (Lipinski definition) is 1. The molecule has 0 aliphatic carbocycles. The summed E-state index contributed by atoms with van der Waals surface area (Å²) in [6.45, 7) is 10.3. The van der Waals surface area contributed by atoms with E-state index in [4.69, 9.17) is 0 Å². The SMILES string of the molecule is Cc1ccc(C)c(C(C)NCC2CCN(C)CC2)c1. The lowest BCUT2D eigenvalue weighted by atomic mass is 9.95. The normalized spacial score (nSPS) is 19.6. The molecule has 1 aliphatic rings. The Bertz CT molecular complexity index is 406. The number of aryl methyl sites for hydroxylation is 2. The Morgan fingerprint density at radius 3 is 2.63 bits per heavy atom. The molecule has 1 unspecified atom stereocenters. The third kappa shape index (κ3) is 4.05. The Labute approximate surface area is 118 Å². The van der Waals surface area contributed by atoms with Crippen molar-refractivity contribution in [3.8, 4) is 0 Å². The monoisotopic (exact) mass is 260 g/mol. The van der Waals surface area contributed by atoms with Crippen molar-refractivity contribution in [1.29, 1.82) is 0 Å². The second-order valence-corrected chi connectivity index (χ2v) is 6.24. The van der Waals surface area contributed by atoms with E-state index >= 15 is 0 Å². The van der Waals surface area contributed by atoms with Gasteiger partial charge in [0.2, 0.25) is 0 Å². The van der Waals surface area contributed by atoms with Gasteiger partial charge in [-0.3, -0.25) is 0 Å². The number of benzene rings is 1. The first-order valence-corrected chi connectivity index (χ1v) is 7.55. The summed E-state index contributed by atoms with van der Waals surface area (Å²) in [5.74, 6) is 0.851. The summed E-state index contributed by atoms with van der Waals surface area (Å²) >= 11 is 0. The Balaban J connectivity index is 1.87. The van der Waals surface area contributed by atoms with Crippen LogP contribution >= 0.6 is 0 Å². The van der Waals surface area contributed by atoms with Crippen molar-refractivity contribution in [3.05, 3.63) is 34.9 Å². The van der Waals surface area contributed by atoms with Gasteiger partial charge in [-0.2, -0.15) is 0 Å². The molecule has 1 fully saturated rings. The zero-order valence-electron chi connectivity index (χ0n) is 12.9. The highest BCUT2D eigenvalue weighted by Gasteiger charge is 2.17. The third-order valence-electron chi connectivity index (χ3n) is 4.45. The third-order valence-corrected chi connectivity index (χ3v) is 4.45. The molecule has 1 aliphatic heterocycles. The number of hydrogen-bond acceptors (Lipinski definition) is 2. The van der Waals surface area contributed by atoms with E-state index in [-0.39, 0.29) is 0 Å². The number of nitrogens with zero attached hydrogens (tertiary/aromatic N) is 1. The molecule has 0 aromatic heterocycles. The second-order valence-electron chi connectivity index (χ2n) is 6.24. The summed E-state index contributed by atoms with van der Waals surface area (Å²) in [5.41, 5.74) is 4.20. The van der Waals surface area contributed by atoms with Crippen molar-refractivity contribution in [3.63, 3.8) is 0 Å². The van der Waals surface area contributed by atoms with Crippen molar-refractivity contribution in [2.45, 2.75) is 39.7 Å². The highest BCUT2D eigenvalue weighted by molar-refractivity contribution is 5.32. The van der Waals surface area contributed by atoms with Crippen molar-refractivity contribution >= 4 is 0 Å². The maximum Gasteiger partial charge on any atom is 0.0294 e. The molecule has 0 bridgehead atoms. The second kappa shape index (κ2) is 6.53. The maximum atomic E-state index is 3.73. The Kier molecular flexibility index (Phi) is 5.00. The lowest BCUT2D eigenvalue weighted by Crippen LogP contribution is -2.35. The summed E-state index contributed by atoms with van der Waals surface area (Å²) < 4.78 is 0. The van der Waals surface area contributed by atoms with E-state index in [0.29, 0.717) is 6.04 Å². The van der Waals surface area contributed by atoms with Crippen LogP contribution in [-0.2, 0) is 0 Å². The predicted octanol–water partition coefficient (Wildman–Crippen LogP) is 3.30. The van der Waals surface area contributed by atoms with Crippen LogP contribution in [0, 0.1) is 19.8 Å². The van der Waals surface area contributed by atoms with Gasteiger partial charge in [-0.25, -0.2) is 0 Å². The highest BCUT2D eigenvalue weighted by Crippen LogP contribution is 2.21. The average molecular weight is 260 g/mol. The van der Waals surface area contributed by atoms with Gasteiger partial charge in [0, 0.05) is 6.04 Å². The van der Waals surface area contributed by atoms with E-state index in [2.05, 4.69) is 56.2 Å². The van der Waals surface area contributed by atoms with E-state index < -0.39 is 0 Å². The number of nitrogens with one attached hydrogen (secondary N) is 1. The fourth-order valence-corrected chi connectivity index (χ4v) is 2.95. The first-order chi connectivity index (χ1) is 9.06. The molecule has 2 heteroatoms. The molecule has 0 radical (unpaired) electrons. The van der Waals surface area contributed by atoms with E-state index in [1.165, 1.54) is 42.6 Å². The standard InChI is InChI=1S/C17H28N2/c1-13-5-6-14(2)17(11-13)15(3)18-12-16-7-9-19(4)10-8-16/h5-6,11,15-16,18H,7-10,12H2,1-4H3. The molecule has 0 amide bonds. The van der Waals surface area contributed by atoms with Crippen LogP contribution in [0.1, 0.15) is 42.5 Å². The van der Waals surface area contributed by atoms with Gasteiger partial charge < -0.3 is 10.2 Å². The summed E-state index contributed by atoms with van der Waals surface area (Å²) in [6, 6.07) is 7.21. The van der Waals surface area contributed by atoms with Crippen LogP contribution in [0.5, 0.6) is 0 Å². The zero-order chi connectivity index (χ0) is 13.8. The molecule has 1 N–H and O–H groups in total. The number of rotatable bonds is 4. The quantitative estimate of drug-likeness (QED) is 0.893. The lowest BCUT2D eigenvalue weighted by Gasteiger charge is -2.30. The number of piperidine rings is 1. The van der Waals surface area contributed by atoms with Gasteiger partial charge in [-0.1, -0.05) is 23.8 Å². The Morgan fingerprint density at radius 1 is 1.26 bits per heavy atom. The number of likely N-dealkylation sites (tertiary alicyclic amines) is 1. The molecule has 19 heavy (non-hydrogen) atoms. The van der Waals surface area contributed by atoms with Gasteiger partial charge in [-0.05, 0) is 77.3 Å². The van der Waals surface area contributed by atoms with Crippen LogP contribution in [0.3, 0.4) is 0 Å². The smallest absolute Gasteiger partial charge is 0.0294 e. The van der Waals surface area contributed by atoms with E-state index in [1.807, 2.05) is 0 Å². The van der Waals surface area contributed by atoms with Gasteiger partial charge in [-0.15, -0.1) is 0 Å². The largest absolute Gasteiger partial charge is 0.310 e. The minimum atomic E-state index is 0.458. The molecule has 0 spiro atoms. The lowest BCUT2D eigenvalue weighted by molar-refractivity contribution is 0.213. The van der Waals surface area contributed by atoms with Gasteiger partial charge in [0.15, 0.2) is 0 Å². The average Bonchev–Trinajstić information content (AvgIpc) is 2.40. The molecular formula is C17H28N2. The molecular weight excluding hydrogens is 232 g/mol. The molecule has 1 heterocycles. The molecule has 0 saturated carbocycles. The minimum absolute atomic E-state index is 0.458. The Morgan fingerprint density at radius 2 is 1.95 bits per heavy atom. The molecule has 1 aromatic rings. The maximum absolute atomic E-state index is 3.73. The van der Waals surface area contributed by atoms with Crippen LogP contribution in [0.2, 0.25) is 0 Å². The fourth-order valence-electron chi connectivity index (χ4n) is 2.95. The van der Waals surface area contributed by atoms with Gasteiger partial charge in [0.1, 0.15) is 0 Å². The van der Waals surface area contributed by atoms with Gasteiger partial charge in [0.25, 0.3) is 0 Å². The van der Waals surface area contributed by atoms with Crippen LogP contribution in [0.25, 0.3) is 0 Å². The van der Waals surface area contributed by atoms with Gasteiger partial charge >= 0.3 is 0 Å². The minimum Gasteiger partial charge on any atom is -0.310 e. The van der Waals surface area contributed by atoms with Crippen LogP contribution < -0.4 is 5.32 Å². The molecule has 106 valence electrons. The molecule has 1 aromatic carbocycles. The fraction of sp³-hybridized carbons (Fsp3) is 0.647. The highest BCUT2D eigenvalue weighted by atomic mass is 15.1. The van der Waals surface area contributed by atoms with Crippen molar-refractivity contribution in [2.24, 2.45) is 5.92 Å². The van der Waals surface area contributed by atoms with Crippen LogP contribution in [0.15, 0.2) is 18.2 Å². The van der Waals surface area contributed by atoms with E-state index in [1.54, 1.807) is 0 Å². The van der Waals surface area contributed by atoms with Gasteiger partial charge in [0.05, 0.1) is 0 Å². The predicted molar refractivity (Wildman–Crippen MR) is 82.6 cm³/mol. The first-order valence-electron chi connectivity index (χ1n) is 7.55. The summed E-state index contributed by atoms with van der Waals surface area (Å²) in [6.07, 6.45) is 2.67. The van der Waals surface area contributed by atoms with Crippen molar-refractivity contribution < 1.29 is 0 Å². The molecule has 1 saturated heterocycles. The van der Waals surface area contributed by atoms with E-state index in [0.717, 1.165) is 12.5 Å². The first kappa shape index (κ1) is 14.5. The van der Waals surface area contributed by atoms with E-state index in [9.17, 15) is 0 Å². The molecule has 2 rings (SSSR count). The summed E-state index contributed by atoms with van der Waals surface area (Å²) in [7, 11) is 2.22. The topological polar surface area (TPSA) is 15.3 Å². The Hall–Kier alpha value is -0.860. The summed E-state index contributed by atoms with van der Waals surface area (Å²) in [5, 5.41) is 3.73. The van der Waals surface area contributed by atoms with Crippen molar-refractivity contribution in [2.75, 3.05) is 26.7 Å². The van der Waals surface area contributed by atoms with Crippen molar-refractivity contribution in [1.82, 2.24) is 10.2 Å².